The van der Waals surface area contributed by atoms with Gasteiger partial charge in [0.05, 0.1) is 30.4 Å². The van der Waals surface area contributed by atoms with Crippen LogP contribution in [-0.4, -0.2) is 40.2 Å². The molecule has 1 amide bonds. The Morgan fingerprint density at radius 3 is 2.52 bits per heavy atom. The molecule has 8 nitrogen and oxygen atoms in total. The lowest BCUT2D eigenvalue weighted by Gasteiger charge is -2.15. The van der Waals surface area contributed by atoms with E-state index in [-0.39, 0.29) is 23.6 Å². The van der Waals surface area contributed by atoms with Crippen molar-refractivity contribution < 1.29 is 27.4 Å². The number of hydrogen-bond acceptors (Lipinski definition) is 5. The third-order valence-corrected chi connectivity index (χ3v) is 7.12. The SMILES string of the molecule is COc1ccc(-c2cc(C(=O)NCc3c(OCC(F)(F)F)cc(C)[nH]c3=O)n3cnc(C4CCCC4)c3c2)cc1. The van der Waals surface area contributed by atoms with Gasteiger partial charge in [-0.1, -0.05) is 25.0 Å². The first kappa shape index (κ1) is 27.3. The van der Waals surface area contributed by atoms with Crippen LogP contribution in [0.15, 0.2) is 53.6 Å². The van der Waals surface area contributed by atoms with Gasteiger partial charge < -0.3 is 19.8 Å². The number of ether oxygens (including phenoxy) is 2. The number of halogens is 3. The predicted molar refractivity (Wildman–Crippen MR) is 143 cm³/mol. The minimum atomic E-state index is -4.58. The number of imidazole rings is 1. The maximum atomic E-state index is 13.5. The average Bonchev–Trinajstić information content (AvgIpc) is 3.60. The lowest BCUT2D eigenvalue weighted by Crippen LogP contribution is -2.29. The quantitative estimate of drug-likeness (QED) is 0.298. The van der Waals surface area contributed by atoms with Crippen LogP contribution >= 0.6 is 0 Å². The number of aryl methyl sites for hydroxylation is 1. The summed E-state index contributed by atoms with van der Waals surface area (Å²) >= 11 is 0. The zero-order chi connectivity index (χ0) is 28.4. The molecule has 5 rings (SSSR count). The van der Waals surface area contributed by atoms with E-state index in [1.807, 2.05) is 30.3 Å². The number of carbonyl (C=O) groups excluding carboxylic acids is 1. The van der Waals surface area contributed by atoms with Crippen LogP contribution in [0.3, 0.4) is 0 Å². The Labute approximate surface area is 228 Å². The van der Waals surface area contributed by atoms with Crippen molar-refractivity contribution in [2.45, 2.75) is 51.2 Å². The van der Waals surface area contributed by atoms with Gasteiger partial charge in [-0.3, -0.25) is 14.0 Å². The molecule has 0 saturated heterocycles. The first-order valence-corrected chi connectivity index (χ1v) is 13.0. The van der Waals surface area contributed by atoms with Crippen LogP contribution in [0.2, 0.25) is 0 Å². The molecule has 3 heterocycles. The van der Waals surface area contributed by atoms with E-state index in [9.17, 15) is 22.8 Å². The molecule has 1 fully saturated rings. The monoisotopic (exact) mass is 554 g/mol. The molecular weight excluding hydrogens is 525 g/mol. The Hall–Kier alpha value is -4.28. The first-order valence-electron chi connectivity index (χ1n) is 13.0. The van der Waals surface area contributed by atoms with Crippen molar-refractivity contribution in [1.82, 2.24) is 19.7 Å². The number of aromatic nitrogens is 3. The van der Waals surface area contributed by atoms with E-state index in [0.717, 1.165) is 48.0 Å². The summed E-state index contributed by atoms with van der Waals surface area (Å²) in [5, 5.41) is 2.69. The van der Waals surface area contributed by atoms with Gasteiger partial charge in [0.25, 0.3) is 11.5 Å². The summed E-state index contributed by atoms with van der Waals surface area (Å²) in [7, 11) is 1.59. The number of alkyl halides is 3. The second-order valence-electron chi connectivity index (χ2n) is 9.94. The van der Waals surface area contributed by atoms with Crippen LogP contribution < -0.4 is 20.3 Å². The Morgan fingerprint density at radius 2 is 1.85 bits per heavy atom. The number of methoxy groups -OCH3 is 1. The van der Waals surface area contributed by atoms with Gasteiger partial charge in [0.1, 0.15) is 23.5 Å². The molecule has 0 bridgehead atoms. The van der Waals surface area contributed by atoms with Crippen molar-refractivity contribution in [3.63, 3.8) is 0 Å². The van der Waals surface area contributed by atoms with Gasteiger partial charge in [-0.05, 0) is 61.2 Å². The van der Waals surface area contributed by atoms with E-state index in [0.29, 0.717) is 17.4 Å². The first-order chi connectivity index (χ1) is 19.1. The van der Waals surface area contributed by atoms with Crippen LogP contribution in [0.4, 0.5) is 13.2 Å². The summed E-state index contributed by atoms with van der Waals surface area (Å²) < 4.78 is 50.3. The standard InChI is InChI=1S/C29H29F3N4O4/c1-17-11-25(40-15-29(30,31)32)22(27(37)35-17)14-33-28(38)24-13-20(18-7-9-21(39-2)10-8-18)12-23-26(34-16-36(23)24)19-5-3-4-6-19/h7-13,16,19H,3-6,14-15H2,1-2H3,(H,33,38)(H,35,37). The highest BCUT2D eigenvalue weighted by atomic mass is 19.4. The summed E-state index contributed by atoms with van der Waals surface area (Å²) in [4.78, 5) is 33.4. The summed E-state index contributed by atoms with van der Waals surface area (Å²) in [5.74, 6) is 0.247. The van der Waals surface area contributed by atoms with Crippen LogP contribution in [0.5, 0.6) is 11.5 Å². The van der Waals surface area contributed by atoms with E-state index < -0.39 is 24.2 Å². The third-order valence-electron chi connectivity index (χ3n) is 7.12. The zero-order valence-electron chi connectivity index (χ0n) is 22.1. The van der Waals surface area contributed by atoms with Gasteiger partial charge in [-0.25, -0.2) is 4.98 Å². The highest BCUT2D eigenvalue weighted by Crippen LogP contribution is 2.37. The highest BCUT2D eigenvalue weighted by Gasteiger charge is 2.29. The van der Waals surface area contributed by atoms with Crippen LogP contribution in [0.1, 0.15) is 59.0 Å². The molecule has 0 atom stereocenters. The van der Waals surface area contributed by atoms with Gasteiger partial charge in [0, 0.05) is 11.6 Å². The molecule has 0 aliphatic heterocycles. The molecule has 210 valence electrons. The fourth-order valence-electron chi connectivity index (χ4n) is 5.15. The van der Waals surface area contributed by atoms with E-state index in [1.54, 1.807) is 23.9 Å². The fourth-order valence-corrected chi connectivity index (χ4v) is 5.15. The van der Waals surface area contributed by atoms with Crippen LogP contribution in [-0.2, 0) is 6.54 Å². The lowest BCUT2D eigenvalue weighted by molar-refractivity contribution is -0.153. The van der Waals surface area contributed by atoms with Crippen molar-refractivity contribution in [2.75, 3.05) is 13.7 Å². The number of pyridine rings is 2. The van der Waals surface area contributed by atoms with Crippen molar-refractivity contribution in [1.29, 1.82) is 0 Å². The van der Waals surface area contributed by atoms with Gasteiger partial charge >= 0.3 is 6.18 Å². The molecule has 0 radical (unpaired) electrons. The summed E-state index contributed by atoms with van der Waals surface area (Å²) in [6, 6.07) is 12.5. The molecule has 1 aromatic carbocycles. The number of carbonyl (C=O) groups is 1. The van der Waals surface area contributed by atoms with Crippen LogP contribution in [0.25, 0.3) is 16.6 Å². The Morgan fingerprint density at radius 1 is 1.12 bits per heavy atom. The highest BCUT2D eigenvalue weighted by molar-refractivity contribution is 5.95. The molecule has 40 heavy (non-hydrogen) atoms. The predicted octanol–water partition coefficient (Wildman–Crippen LogP) is 5.54. The summed E-state index contributed by atoms with van der Waals surface area (Å²) in [5.41, 5.74) is 3.28. The fraction of sp³-hybridized carbons (Fsp3) is 0.345. The van der Waals surface area contributed by atoms with Crippen molar-refractivity contribution in [3.8, 4) is 22.6 Å². The second-order valence-corrected chi connectivity index (χ2v) is 9.94. The largest absolute Gasteiger partial charge is 0.497 e. The Bertz CT molecular complexity index is 1590. The second kappa shape index (κ2) is 11.1. The Balaban J connectivity index is 1.50. The molecule has 1 aliphatic carbocycles. The zero-order valence-corrected chi connectivity index (χ0v) is 22.1. The van der Waals surface area contributed by atoms with Crippen molar-refractivity contribution in [3.05, 3.63) is 81.8 Å². The molecule has 3 aromatic heterocycles. The van der Waals surface area contributed by atoms with Gasteiger partial charge in [-0.2, -0.15) is 13.2 Å². The van der Waals surface area contributed by atoms with E-state index in [4.69, 9.17) is 9.47 Å². The number of nitrogens with zero attached hydrogens (tertiary/aromatic N) is 2. The maximum Gasteiger partial charge on any atom is 0.422 e. The number of nitrogens with one attached hydrogen (secondary N) is 2. The lowest BCUT2D eigenvalue weighted by atomic mass is 10.00. The molecule has 1 saturated carbocycles. The number of H-pyrrole nitrogens is 1. The van der Waals surface area contributed by atoms with Gasteiger partial charge in [0.15, 0.2) is 6.61 Å². The number of fused-ring (bicyclic) bond motifs is 1. The van der Waals surface area contributed by atoms with Crippen molar-refractivity contribution in [2.24, 2.45) is 0 Å². The number of amides is 1. The molecule has 2 N–H and O–H groups in total. The molecular formula is C29H29F3N4O4. The number of benzene rings is 1. The van der Waals surface area contributed by atoms with Crippen LogP contribution in [0, 0.1) is 6.92 Å². The number of hydrogen-bond donors (Lipinski definition) is 2. The summed E-state index contributed by atoms with van der Waals surface area (Å²) in [6.45, 7) is -0.354. The topological polar surface area (TPSA) is 97.7 Å². The van der Waals surface area contributed by atoms with E-state index in [1.165, 1.54) is 13.0 Å². The number of rotatable bonds is 8. The number of aromatic amines is 1. The average molecular weight is 555 g/mol. The van der Waals surface area contributed by atoms with Gasteiger partial charge in [-0.15, -0.1) is 0 Å². The minimum Gasteiger partial charge on any atom is -0.497 e. The van der Waals surface area contributed by atoms with Crippen molar-refractivity contribution >= 4 is 11.4 Å². The third kappa shape index (κ3) is 5.83. The maximum absolute atomic E-state index is 13.5. The van der Waals surface area contributed by atoms with E-state index in [2.05, 4.69) is 15.3 Å². The smallest absolute Gasteiger partial charge is 0.422 e. The molecule has 0 unspecified atom stereocenters. The Kier molecular flexibility index (Phi) is 7.55. The van der Waals surface area contributed by atoms with E-state index >= 15 is 0 Å². The van der Waals surface area contributed by atoms with Gasteiger partial charge in [0.2, 0.25) is 0 Å². The summed E-state index contributed by atoms with van der Waals surface area (Å²) in [6.07, 6.45) is 1.34. The normalized spacial score (nSPS) is 14.0. The molecule has 4 aromatic rings. The minimum absolute atomic E-state index is 0.108. The molecule has 0 spiro atoms. The molecule has 11 heteroatoms. The molecule has 1 aliphatic rings.